The van der Waals surface area contributed by atoms with E-state index in [2.05, 4.69) is 10.6 Å². The van der Waals surface area contributed by atoms with Crippen LogP contribution in [0.2, 0.25) is 0 Å². The summed E-state index contributed by atoms with van der Waals surface area (Å²) in [7, 11) is 0. The van der Waals surface area contributed by atoms with Crippen LogP contribution in [-0.2, 0) is 9.59 Å². The molecule has 35 heavy (non-hydrogen) atoms. The van der Waals surface area contributed by atoms with Crippen molar-refractivity contribution in [3.05, 3.63) is 0 Å². The number of aliphatic hydroxyl groups is 1. The van der Waals surface area contributed by atoms with Crippen molar-refractivity contribution < 1.29 is 14.7 Å². The van der Waals surface area contributed by atoms with Gasteiger partial charge in [0.1, 0.15) is 6.23 Å². The number of unbranched alkanes of at least 4 members (excludes halogenated alkanes) is 3. The molecule has 0 heterocycles. The van der Waals surface area contributed by atoms with Crippen molar-refractivity contribution in [2.45, 2.75) is 76.1 Å². The largest absolute Gasteiger partial charge is 0.378 e. The summed E-state index contributed by atoms with van der Waals surface area (Å²) in [6.45, 7) is 3.71. The van der Waals surface area contributed by atoms with Crippen LogP contribution in [0.3, 0.4) is 0 Å². The second-order valence-electron chi connectivity index (χ2n) is 9.12. The summed E-state index contributed by atoms with van der Waals surface area (Å²) in [6.07, 6.45) is 5.68. The van der Waals surface area contributed by atoms with Crippen LogP contribution in [0.5, 0.6) is 0 Å². The van der Waals surface area contributed by atoms with Gasteiger partial charge in [-0.15, -0.1) is 0 Å². The Balaban J connectivity index is 5.18. The molecule has 0 aromatic heterocycles. The summed E-state index contributed by atoms with van der Waals surface area (Å²) in [5.74, 6) is -1.05. The van der Waals surface area contributed by atoms with Crippen molar-refractivity contribution >= 4 is 11.8 Å². The fourth-order valence-electron chi connectivity index (χ4n) is 3.72. The second kappa shape index (κ2) is 21.9. The summed E-state index contributed by atoms with van der Waals surface area (Å²) < 4.78 is 0. The molecular weight excluding hydrogens is 450 g/mol. The molecule has 0 spiro atoms. The Morgan fingerprint density at radius 1 is 0.657 bits per heavy atom. The molecule has 0 aliphatic heterocycles. The number of nitrogens with two attached hydrogens (primary N) is 6. The molecule has 12 heteroatoms. The van der Waals surface area contributed by atoms with Crippen LogP contribution < -0.4 is 45.0 Å². The van der Waals surface area contributed by atoms with Gasteiger partial charge in [0, 0.05) is 32.1 Å². The van der Waals surface area contributed by atoms with Gasteiger partial charge in [0.15, 0.2) is 0 Å². The topological polar surface area (TPSA) is 238 Å². The normalized spacial score (nSPS) is 14.2. The molecule has 0 aromatic carbocycles. The van der Waals surface area contributed by atoms with E-state index in [0.29, 0.717) is 58.5 Å². The van der Waals surface area contributed by atoms with Crippen molar-refractivity contribution in [1.82, 2.24) is 15.5 Å². The number of hydrogen-bond donors (Lipinski definition) is 9. The Morgan fingerprint density at radius 2 is 1.06 bits per heavy atom. The van der Waals surface area contributed by atoms with E-state index >= 15 is 0 Å². The molecule has 0 aliphatic carbocycles. The number of rotatable bonds is 23. The molecule has 208 valence electrons. The maximum absolute atomic E-state index is 12.5. The van der Waals surface area contributed by atoms with Crippen molar-refractivity contribution in [3.8, 4) is 0 Å². The van der Waals surface area contributed by atoms with Crippen LogP contribution in [0.25, 0.3) is 0 Å². The molecular formula is C23H53N9O3. The van der Waals surface area contributed by atoms with Crippen LogP contribution in [0.15, 0.2) is 0 Å². The quantitative estimate of drug-likeness (QED) is 0.0522. The van der Waals surface area contributed by atoms with Crippen molar-refractivity contribution in [3.63, 3.8) is 0 Å². The zero-order valence-electron chi connectivity index (χ0n) is 21.5. The summed E-state index contributed by atoms with van der Waals surface area (Å²) in [5.41, 5.74) is 34.3. The van der Waals surface area contributed by atoms with Gasteiger partial charge in [0.2, 0.25) is 11.8 Å². The Bertz CT molecular complexity index is 510. The minimum absolute atomic E-state index is 0.156. The van der Waals surface area contributed by atoms with E-state index in [0.717, 1.165) is 38.5 Å². The lowest BCUT2D eigenvalue weighted by Gasteiger charge is -2.34. The van der Waals surface area contributed by atoms with Gasteiger partial charge in [-0.1, -0.05) is 12.8 Å². The highest BCUT2D eigenvalue weighted by Gasteiger charge is 2.27. The summed E-state index contributed by atoms with van der Waals surface area (Å²) in [5, 5.41) is 16.9. The van der Waals surface area contributed by atoms with E-state index in [1.807, 2.05) is 4.90 Å². The predicted octanol–water partition coefficient (Wildman–Crippen LogP) is -2.54. The van der Waals surface area contributed by atoms with Crippen LogP contribution in [-0.4, -0.2) is 92.5 Å². The first-order valence-corrected chi connectivity index (χ1v) is 13.1. The molecule has 0 saturated heterocycles. The van der Waals surface area contributed by atoms with Crippen molar-refractivity contribution in [2.75, 3.05) is 52.4 Å². The third-order valence-electron chi connectivity index (χ3n) is 6.03. The van der Waals surface area contributed by atoms with Gasteiger partial charge in [-0.25, -0.2) is 0 Å². The molecule has 2 amide bonds. The van der Waals surface area contributed by atoms with Gasteiger partial charge < -0.3 is 50.1 Å². The van der Waals surface area contributed by atoms with E-state index in [9.17, 15) is 14.7 Å². The molecule has 0 saturated carbocycles. The monoisotopic (exact) mass is 503 g/mol. The number of hydrogen-bond acceptors (Lipinski definition) is 10. The zero-order chi connectivity index (χ0) is 26.5. The van der Waals surface area contributed by atoms with Crippen LogP contribution in [0.4, 0.5) is 0 Å². The van der Waals surface area contributed by atoms with E-state index in [1.54, 1.807) is 0 Å². The molecule has 0 rings (SSSR count). The van der Waals surface area contributed by atoms with E-state index in [4.69, 9.17) is 34.4 Å². The molecule has 0 aromatic rings. The molecule has 0 aliphatic rings. The Morgan fingerprint density at radius 3 is 1.49 bits per heavy atom. The number of carbonyl (C=O) groups is 2. The van der Waals surface area contributed by atoms with Gasteiger partial charge in [0.05, 0.1) is 12.1 Å². The van der Waals surface area contributed by atoms with Crippen molar-refractivity contribution in [2.24, 2.45) is 40.3 Å². The van der Waals surface area contributed by atoms with E-state index < -0.39 is 24.2 Å². The molecule has 3 atom stereocenters. The van der Waals surface area contributed by atoms with Gasteiger partial charge >= 0.3 is 0 Å². The zero-order valence-corrected chi connectivity index (χ0v) is 21.5. The first-order chi connectivity index (χ1) is 16.8. The number of aliphatic hydroxyl groups excluding tert-OH is 1. The fraction of sp³-hybridized carbons (Fsp3) is 0.913. The average molecular weight is 504 g/mol. The predicted molar refractivity (Wildman–Crippen MR) is 141 cm³/mol. The maximum atomic E-state index is 12.5. The lowest BCUT2D eigenvalue weighted by Crippen LogP contribution is -2.53. The van der Waals surface area contributed by atoms with E-state index in [-0.39, 0.29) is 24.9 Å². The number of amides is 2. The number of carbonyl (C=O) groups excluding carboxylic acids is 2. The summed E-state index contributed by atoms with van der Waals surface area (Å²) >= 11 is 0. The molecule has 12 nitrogen and oxygen atoms in total. The Kier molecular flexibility index (Phi) is 21.0. The smallest absolute Gasteiger partial charge is 0.236 e. The van der Waals surface area contributed by atoms with Crippen LogP contribution in [0.1, 0.15) is 57.8 Å². The molecule has 0 radical (unpaired) electrons. The highest BCUT2D eigenvalue weighted by Crippen LogP contribution is 2.12. The van der Waals surface area contributed by atoms with Gasteiger partial charge in [-0.2, -0.15) is 0 Å². The minimum atomic E-state index is -0.901. The Hall–Kier alpha value is -1.38. The van der Waals surface area contributed by atoms with Gasteiger partial charge in [0.25, 0.3) is 0 Å². The first kappa shape index (κ1) is 33.6. The third kappa shape index (κ3) is 16.1. The van der Waals surface area contributed by atoms with Gasteiger partial charge in [-0.05, 0) is 71.1 Å². The molecule has 1 unspecified atom stereocenters. The van der Waals surface area contributed by atoms with Crippen LogP contribution in [0, 0.1) is 5.92 Å². The minimum Gasteiger partial charge on any atom is -0.378 e. The first-order valence-electron chi connectivity index (χ1n) is 13.1. The molecule has 0 bridgehead atoms. The number of nitrogens with one attached hydrogen (secondary N) is 2. The number of nitrogens with zero attached hydrogens (tertiary/aromatic N) is 1. The molecule has 0 fully saturated rings. The fourth-order valence-corrected chi connectivity index (χ4v) is 3.72. The SMILES string of the molecule is NCCCC[C@H](N)C(=O)NCC(CNC(=O)[C@@H](N)CCCCN)C(O)N(CCCN)CCCCN. The average Bonchev–Trinajstić information content (AvgIpc) is 2.85. The highest BCUT2D eigenvalue weighted by molar-refractivity contribution is 5.82. The maximum Gasteiger partial charge on any atom is 0.236 e. The summed E-state index contributed by atoms with van der Waals surface area (Å²) in [6, 6.07) is -1.30. The van der Waals surface area contributed by atoms with Gasteiger partial charge in [-0.3, -0.25) is 14.5 Å². The molecule has 15 N–H and O–H groups in total. The lowest BCUT2D eigenvalue weighted by atomic mass is 10.0. The summed E-state index contributed by atoms with van der Waals surface area (Å²) in [4.78, 5) is 26.9. The second-order valence-corrected chi connectivity index (χ2v) is 9.12. The standard InChI is InChI=1S/C23H53N9O3/c24-10-3-1-8-19(28)21(33)30-16-18(17-31-22(34)20(29)9-2-4-11-25)23(35)32(15-7-13-27)14-6-5-12-26/h18-20,23,35H,1-17,24-29H2,(H,30,33)(H,31,34)/t19-,20-,23?/m0/s1. The third-order valence-corrected chi connectivity index (χ3v) is 6.03. The Labute approximate surface area is 211 Å². The highest BCUT2D eigenvalue weighted by atomic mass is 16.3. The van der Waals surface area contributed by atoms with Crippen LogP contribution >= 0.6 is 0 Å². The lowest BCUT2D eigenvalue weighted by molar-refractivity contribution is -0.123. The van der Waals surface area contributed by atoms with Crippen molar-refractivity contribution in [1.29, 1.82) is 0 Å². The van der Waals surface area contributed by atoms with E-state index in [1.165, 1.54) is 0 Å².